The third-order valence-electron chi connectivity index (χ3n) is 5.93. The first-order valence-corrected chi connectivity index (χ1v) is 11.8. The van der Waals surface area contributed by atoms with Crippen molar-refractivity contribution in [2.45, 2.75) is 40.3 Å². The fourth-order valence-corrected chi connectivity index (χ4v) is 5.43. The minimum Gasteiger partial charge on any atom is -0.430 e. The average Bonchev–Trinajstić information content (AvgIpc) is 3.29. The van der Waals surface area contributed by atoms with E-state index in [1.807, 2.05) is 66.1 Å². The van der Waals surface area contributed by atoms with Crippen molar-refractivity contribution in [1.82, 2.24) is 14.8 Å². The molecule has 0 saturated carbocycles. The van der Waals surface area contributed by atoms with Crippen LogP contribution in [0.4, 0.5) is 11.4 Å². The maximum atomic E-state index is 12.1. The van der Waals surface area contributed by atoms with Gasteiger partial charge in [0.15, 0.2) is 0 Å². The van der Waals surface area contributed by atoms with Crippen LogP contribution in [0.3, 0.4) is 0 Å². The molecule has 172 valence electrons. The van der Waals surface area contributed by atoms with Crippen LogP contribution in [0.2, 0.25) is 0 Å². The van der Waals surface area contributed by atoms with Gasteiger partial charge in [0, 0.05) is 41.2 Å². The summed E-state index contributed by atoms with van der Waals surface area (Å²) in [6.07, 6.45) is 0. The second kappa shape index (κ2) is 8.22. The maximum absolute atomic E-state index is 12.1. The predicted molar refractivity (Wildman–Crippen MR) is 134 cm³/mol. The number of nitrogens with zero attached hydrogens (tertiary/aromatic N) is 4. The van der Waals surface area contributed by atoms with Crippen LogP contribution in [-0.4, -0.2) is 26.4 Å². The molecule has 1 aliphatic rings. The number of aryl methyl sites for hydroxylation is 2. The number of aromatic nitrogens is 3. The van der Waals surface area contributed by atoms with Crippen LogP contribution in [0.1, 0.15) is 47.1 Å². The summed E-state index contributed by atoms with van der Waals surface area (Å²) in [5.41, 5.74) is 4.50. The molecule has 34 heavy (non-hydrogen) atoms. The Kier molecular flexibility index (Phi) is 5.32. The number of esters is 1. The fraction of sp³-hybridized carbons (Fsp3) is 0.231. The van der Waals surface area contributed by atoms with Crippen LogP contribution in [0.15, 0.2) is 59.6 Å². The Hall–Kier alpha value is -3.78. The van der Waals surface area contributed by atoms with Gasteiger partial charge in [-0.05, 0) is 50.6 Å². The number of thiophene rings is 1. The first-order valence-electron chi connectivity index (χ1n) is 11.0. The van der Waals surface area contributed by atoms with Crippen molar-refractivity contribution in [3.63, 3.8) is 0 Å². The molecule has 1 atom stereocenters. The third kappa shape index (κ3) is 3.70. The number of hydrogen-bond donors (Lipinski definition) is 1. The number of carbonyl (C=O) groups is 1. The molecule has 0 bridgehead atoms. The zero-order valence-corrected chi connectivity index (χ0v) is 20.5. The first kappa shape index (κ1) is 22.0. The standard InChI is InChI=1S/C26H25N5O2S/c1-15-16(2)34-24-22(15)23(19-11-13-21(14-12-19)27-20-9-7-6-8-10-20)28-26(5,33-18(4)32)25-30-29-17(3)31(24)25/h6-14,27H,1-5H3/t26-/m0/s1. The number of nitrogens with one attached hydrogen (secondary N) is 1. The molecular formula is C26H25N5O2S. The summed E-state index contributed by atoms with van der Waals surface area (Å²) >= 11 is 1.66. The van der Waals surface area contributed by atoms with Gasteiger partial charge >= 0.3 is 5.97 Å². The van der Waals surface area contributed by atoms with Crippen molar-refractivity contribution in [1.29, 1.82) is 0 Å². The van der Waals surface area contributed by atoms with E-state index in [1.165, 1.54) is 11.8 Å². The highest BCUT2D eigenvalue weighted by molar-refractivity contribution is 7.15. The molecule has 1 aliphatic heterocycles. The lowest BCUT2D eigenvalue weighted by Crippen LogP contribution is -2.30. The van der Waals surface area contributed by atoms with Gasteiger partial charge in [0.05, 0.1) is 5.71 Å². The molecular weight excluding hydrogens is 446 g/mol. The Balaban J connectivity index is 1.67. The van der Waals surface area contributed by atoms with Crippen LogP contribution in [0.25, 0.3) is 5.00 Å². The van der Waals surface area contributed by atoms with E-state index in [0.29, 0.717) is 5.82 Å². The van der Waals surface area contributed by atoms with Crippen molar-refractivity contribution in [2.75, 3.05) is 5.32 Å². The number of benzene rings is 2. The molecule has 2 aromatic heterocycles. The molecule has 7 nitrogen and oxygen atoms in total. The topological polar surface area (TPSA) is 81.4 Å². The Morgan fingerprint density at radius 1 is 1.00 bits per heavy atom. The van der Waals surface area contributed by atoms with Crippen LogP contribution in [-0.2, 0) is 15.3 Å². The summed E-state index contributed by atoms with van der Waals surface area (Å²) in [6, 6.07) is 18.2. The zero-order valence-electron chi connectivity index (χ0n) is 19.7. The highest BCUT2D eigenvalue weighted by Gasteiger charge is 2.41. The minimum absolute atomic E-state index is 0.432. The van der Waals surface area contributed by atoms with E-state index in [0.717, 1.165) is 44.6 Å². The molecule has 0 unspecified atom stereocenters. The fourth-order valence-electron chi connectivity index (χ4n) is 4.23. The van der Waals surface area contributed by atoms with E-state index < -0.39 is 11.7 Å². The SMILES string of the molecule is CC(=O)O[C@]1(C)N=C(c2ccc(Nc3ccccc3)cc2)c2c(sc(C)c2C)-n2c(C)nnc21. The normalized spacial score (nSPS) is 16.8. The van der Waals surface area contributed by atoms with Gasteiger partial charge in [-0.25, -0.2) is 4.99 Å². The number of rotatable bonds is 4. The summed E-state index contributed by atoms with van der Waals surface area (Å²) in [6.45, 7) is 9.24. The molecule has 2 aromatic carbocycles. The van der Waals surface area contributed by atoms with E-state index in [4.69, 9.17) is 9.73 Å². The molecule has 0 spiro atoms. The second-order valence-corrected chi connectivity index (χ2v) is 9.68. The lowest BCUT2D eigenvalue weighted by molar-refractivity contribution is -0.156. The number of fused-ring (bicyclic) bond motifs is 3. The lowest BCUT2D eigenvalue weighted by atomic mass is 9.99. The van der Waals surface area contributed by atoms with E-state index in [9.17, 15) is 4.79 Å². The number of carbonyl (C=O) groups excluding carboxylic acids is 1. The van der Waals surface area contributed by atoms with Gasteiger partial charge in [-0.2, -0.15) is 0 Å². The minimum atomic E-state index is -1.32. The Labute approximate surface area is 202 Å². The molecule has 8 heteroatoms. The number of anilines is 2. The largest absolute Gasteiger partial charge is 0.430 e. The quantitative estimate of drug-likeness (QED) is 0.393. The summed E-state index contributed by atoms with van der Waals surface area (Å²) in [7, 11) is 0. The van der Waals surface area contributed by atoms with E-state index in [1.54, 1.807) is 18.3 Å². The Bertz CT molecular complexity index is 1420. The number of ether oxygens (including phenoxy) is 1. The summed E-state index contributed by atoms with van der Waals surface area (Å²) in [5, 5.41) is 13.0. The molecule has 0 amide bonds. The van der Waals surface area contributed by atoms with Crippen molar-refractivity contribution >= 4 is 34.4 Å². The number of para-hydroxylation sites is 1. The summed E-state index contributed by atoms with van der Waals surface area (Å²) in [4.78, 5) is 18.3. The van der Waals surface area contributed by atoms with Gasteiger partial charge < -0.3 is 10.1 Å². The van der Waals surface area contributed by atoms with E-state index in [-0.39, 0.29) is 0 Å². The molecule has 0 saturated heterocycles. The van der Waals surface area contributed by atoms with Crippen LogP contribution in [0.5, 0.6) is 0 Å². The summed E-state index contributed by atoms with van der Waals surface area (Å²) < 4.78 is 7.73. The smallest absolute Gasteiger partial charge is 0.305 e. The van der Waals surface area contributed by atoms with Crippen LogP contribution < -0.4 is 5.32 Å². The van der Waals surface area contributed by atoms with E-state index >= 15 is 0 Å². The second-order valence-electron chi connectivity index (χ2n) is 8.47. The molecule has 3 heterocycles. The highest BCUT2D eigenvalue weighted by atomic mass is 32.1. The van der Waals surface area contributed by atoms with Crippen LogP contribution in [0, 0.1) is 20.8 Å². The molecule has 0 fully saturated rings. The Morgan fingerprint density at radius 3 is 2.35 bits per heavy atom. The van der Waals surface area contributed by atoms with E-state index in [2.05, 4.69) is 29.4 Å². The number of hydrogen-bond acceptors (Lipinski definition) is 7. The van der Waals surface area contributed by atoms with Crippen molar-refractivity contribution in [2.24, 2.45) is 4.99 Å². The molecule has 4 aromatic rings. The van der Waals surface area contributed by atoms with Crippen molar-refractivity contribution in [3.8, 4) is 5.00 Å². The van der Waals surface area contributed by atoms with Gasteiger partial charge in [-0.3, -0.25) is 9.36 Å². The maximum Gasteiger partial charge on any atom is 0.305 e. The summed E-state index contributed by atoms with van der Waals surface area (Å²) in [5.74, 6) is 0.771. The van der Waals surface area contributed by atoms with Gasteiger partial charge in [-0.1, -0.05) is 30.3 Å². The van der Waals surface area contributed by atoms with Gasteiger partial charge in [0.2, 0.25) is 5.82 Å². The van der Waals surface area contributed by atoms with Gasteiger partial charge in [0.25, 0.3) is 5.72 Å². The van der Waals surface area contributed by atoms with Crippen LogP contribution >= 0.6 is 11.3 Å². The molecule has 5 rings (SSSR count). The van der Waals surface area contributed by atoms with Crippen molar-refractivity contribution < 1.29 is 9.53 Å². The molecule has 1 N–H and O–H groups in total. The lowest BCUT2D eigenvalue weighted by Gasteiger charge is -2.23. The zero-order chi connectivity index (χ0) is 24.0. The van der Waals surface area contributed by atoms with Gasteiger partial charge in [-0.15, -0.1) is 21.5 Å². The number of aliphatic imine (C=N–C) groups is 1. The highest BCUT2D eigenvalue weighted by Crippen LogP contribution is 2.41. The molecule has 0 radical (unpaired) electrons. The predicted octanol–water partition coefficient (Wildman–Crippen LogP) is 5.58. The monoisotopic (exact) mass is 471 g/mol. The first-order chi connectivity index (χ1) is 16.3. The van der Waals surface area contributed by atoms with Crippen molar-refractivity contribution in [3.05, 3.63) is 87.8 Å². The average molecular weight is 472 g/mol. The molecule has 0 aliphatic carbocycles. The third-order valence-corrected chi connectivity index (χ3v) is 7.13. The Morgan fingerprint density at radius 2 is 1.68 bits per heavy atom. The van der Waals surface area contributed by atoms with Gasteiger partial charge in [0.1, 0.15) is 10.8 Å².